The minimum absolute atomic E-state index is 0.119. The maximum absolute atomic E-state index is 12.2. The number of urea groups is 2. The van der Waals surface area contributed by atoms with E-state index in [2.05, 4.69) is 16.0 Å². The number of amides is 4. The zero-order valence-corrected chi connectivity index (χ0v) is 13.7. The SMILES string of the molecule is Cc1ccc(C)c(NC(=O)Nc2cccc(N3CCNC3=O)c2)c1. The lowest BCUT2D eigenvalue weighted by Gasteiger charge is -2.16. The summed E-state index contributed by atoms with van der Waals surface area (Å²) in [6, 6.07) is 12.7. The van der Waals surface area contributed by atoms with Crippen LogP contribution in [0.1, 0.15) is 11.1 Å². The van der Waals surface area contributed by atoms with E-state index in [1.807, 2.05) is 44.2 Å². The van der Waals surface area contributed by atoms with Crippen molar-refractivity contribution in [2.24, 2.45) is 0 Å². The summed E-state index contributed by atoms with van der Waals surface area (Å²) < 4.78 is 0. The first-order valence-corrected chi connectivity index (χ1v) is 7.83. The maximum Gasteiger partial charge on any atom is 0.323 e. The van der Waals surface area contributed by atoms with Crippen LogP contribution in [-0.4, -0.2) is 25.2 Å². The summed E-state index contributed by atoms with van der Waals surface area (Å²) in [7, 11) is 0. The van der Waals surface area contributed by atoms with Gasteiger partial charge < -0.3 is 16.0 Å². The Kier molecular flexibility index (Phi) is 4.37. The van der Waals surface area contributed by atoms with Crippen LogP contribution in [-0.2, 0) is 0 Å². The second kappa shape index (κ2) is 6.62. The molecular weight excluding hydrogens is 304 g/mol. The van der Waals surface area contributed by atoms with Crippen LogP contribution in [0, 0.1) is 13.8 Å². The average Bonchev–Trinajstić information content (AvgIpc) is 2.97. The van der Waals surface area contributed by atoms with E-state index in [9.17, 15) is 9.59 Å². The van der Waals surface area contributed by atoms with Gasteiger partial charge in [0.1, 0.15) is 0 Å². The molecule has 0 atom stereocenters. The predicted octanol–water partition coefficient (Wildman–Crippen LogP) is 3.48. The summed E-state index contributed by atoms with van der Waals surface area (Å²) in [5.74, 6) is 0. The molecule has 2 aromatic rings. The zero-order chi connectivity index (χ0) is 17.1. The highest BCUT2D eigenvalue weighted by atomic mass is 16.2. The van der Waals surface area contributed by atoms with Gasteiger partial charge in [0.25, 0.3) is 0 Å². The standard InChI is InChI=1S/C18H20N4O2/c1-12-6-7-13(2)16(10-12)21-17(23)20-14-4-3-5-15(11-14)22-9-8-19-18(22)24/h3-7,10-11H,8-9H2,1-2H3,(H,19,24)(H2,20,21,23). The highest BCUT2D eigenvalue weighted by Gasteiger charge is 2.21. The quantitative estimate of drug-likeness (QED) is 0.809. The summed E-state index contributed by atoms with van der Waals surface area (Å²) in [5.41, 5.74) is 4.25. The normalized spacial score (nSPS) is 13.6. The number of aryl methyl sites for hydroxylation is 2. The Hall–Kier alpha value is -3.02. The molecule has 1 heterocycles. The van der Waals surface area contributed by atoms with E-state index in [0.29, 0.717) is 18.8 Å². The summed E-state index contributed by atoms with van der Waals surface area (Å²) >= 11 is 0. The van der Waals surface area contributed by atoms with Gasteiger partial charge in [0.15, 0.2) is 0 Å². The van der Waals surface area contributed by atoms with Gasteiger partial charge in [0, 0.05) is 30.2 Å². The summed E-state index contributed by atoms with van der Waals surface area (Å²) in [5, 5.41) is 8.42. The van der Waals surface area contributed by atoms with Crippen LogP contribution in [0.3, 0.4) is 0 Å². The number of benzene rings is 2. The molecule has 2 aromatic carbocycles. The molecule has 3 N–H and O–H groups in total. The fraction of sp³-hybridized carbons (Fsp3) is 0.222. The van der Waals surface area contributed by atoms with Crippen molar-refractivity contribution in [2.45, 2.75) is 13.8 Å². The lowest BCUT2D eigenvalue weighted by molar-refractivity contribution is 0.252. The highest BCUT2D eigenvalue weighted by molar-refractivity contribution is 6.01. The van der Waals surface area contributed by atoms with Gasteiger partial charge in [-0.25, -0.2) is 9.59 Å². The Bertz CT molecular complexity index is 788. The number of nitrogens with one attached hydrogen (secondary N) is 3. The van der Waals surface area contributed by atoms with Crippen LogP contribution < -0.4 is 20.9 Å². The monoisotopic (exact) mass is 324 g/mol. The molecule has 6 nitrogen and oxygen atoms in total. The van der Waals surface area contributed by atoms with Gasteiger partial charge in [-0.15, -0.1) is 0 Å². The molecule has 1 fully saturated rings. The maximum atomic E-state index is 12.2. The van der Waals surface area contributed by atoms with Gasteiger partial charge in [0.2, 0.25) is 0 Å². The van der Waals surface area contributed by atoms with Crippen LogP contribution in [0.25, 0.3) is 0 Å². The van der Waals surface area contributed by atoms with Crippen LogP contribution in [0.4, 0.5) is 26.7 Å². The molecule has 4 amide bonds. The van der Waals surface area contributed by atoms with Gasteiger partial charge in [-0.2, -0.15) is 0 Å². The molecule has 0 spiro atoms. The van der Waals surface area contributed by atoms with Crippen LogP contribution >= 0.6 is 0 Å². The van der Waals surface area contributed by atoms with Crippen LogP contribution in [0.5, 0.6) is 0 Å². The molecule has 1 aliphatic heterocycles. The molecule has 0 bridgehead atoms. The molecule has 0 aromatic heterocycles. The Morgan fingerprint density at radius 1 is 1.12 bits per heavy atom. The Labute approximate surface area is 140 Å². The molecule has 124 valence electrons. The summed E-state index contributed by atoms with van der Waals surface area (Å²) in [6.45, 7) is 5.18. The minimum atomic E-state index is -0.313. The highest BCUT2D eigenvalue weighted by Crippen LogP contribution is 2.22. The lowest BCUT2D eigenvalue weighted by atomic mass is 10.1. The number of rotatable bonds is 3. The Morgan fingerprint density at radius 3 is 2.71 bits per heavy atom. The smallest absolute Gasteiger partial charge is 0.323 e. The van der Waals surface area contributed by atoms with E-state index in [1.165, 1.54) is 0 Å². The molecule has 6 heteroatoms. The van der Waals surface area contributed by atoms with Gasteiger partial charge >= 0.3 is 12.1 Å². The number of nitrogens with zero attached hydrogens (tertiary/aromatic N) is 1. The van der Waals surface area contributed by atoms with Gasteiger partial charge in [-0.1, -0.05) is 18.2 Å². The van der Waals surface area contributed by atoms with Crippen molar-refractivity contribution in [1.29, 1.82) is 0 Å². The molecule has 24 heavy (non-hydrogen) atoms. The van der Waals surface area contributed by atoms with E-state index in [0.717, 1.165) is 22.5 Å². The van der Waals surface area contributed by atoms with Crippen molar-refractivity contribution in [1.82, 2.24) is 5.32 Å². The molecule has 1 aliphatic rings. The van der Waals surface area contributed by atoms with Crippen molar-refractivity contribution in [3.63, 3.8) is 0 Å². The molecule has 1 saturated heterocycles. The van der Waals surface area contributed by atoms with Crippen molar-refractivity contribution < 1.29 is 9.59 Å². The molecule has 3 rings (SSSR count). The first-order valence-electron chi connectivity index (χ1n) is 7.83. The van der Waals surface area contributed by atoms with Gasteiger partial charge in [-0.3, -0.25) is 4.90 Å². The predicted molar refractivity (Wildman–Crippen MR) is 95.7 cm³/mol. The van der Waals surface area contributed by atoms with E-state index in [4.69, 9.17) is 0 Å². The number of hydrogen-bond acceptors (Lipinski definition) is 2. The van der Waals surface area contributed by atoms with E-state index < -0.39 is 0 Å². The van der Waals surface area contributed by atoms with E-state index in [1.54, 1.807) is 17.0 Å². The third-order valence-electron chi connectivity index (χ3n) is 3.91. The summed E-state index contributed by atoms with van der Waals surface area (Å²) in [6.07, 6.45) is 0. The van der Waals surface area contributed by atoms with Crippen molar-refractivity contribution in [3.8, 4) is 0 Å². The summed E-state index contributed by atoms with van der Waals surface area (Å²) in [4.78, 5) is 25.6. The number of anilines is 3. The fourth-order valence-electron chi connectivity index (χ4n) is 2.62. The third-order valence-corrected chi connectivity index (χ3v) is 3.91. The molecule has 0 unspecified atom stereocenters. The van der Waals surface area contributed by atoms with E-state index in [-0.39, 0.29) is 12.1 Å². The molecular formula is C18H20N4O2. The van der Waals surface area contributed by atoms with Crippen LogP contribution in [0.2, 0.25) is 0 Å². The van der Waals surface area contributed by atoms with Gasteiger partial charge in [0.05, 0.1) is 0 Å². The largest absolute Gasteiger partial charge is 0.336 e. The number of carbonyl (C=O) groups is 2. The average molecular weight is 324 g/mol. The molecule has 0 radical (unpaired) electrons. The first-order chi connectivity index (χ1) is 11.5. The Morgan fingerprint density at radius 2 is 1.96 bits per heavy atom. The van der Waals surface area contributed by atoms with Crippen molar-refractivity contribution >= 4 is 29.1 Å². The van der Waals surface area contributed by atoms with E-state index >= 15 is 0 Å². The molecule has 0 saturated carbocycles. The number of carbonyl (C=O) groups excluding carboxylic acids is 2. The second-order valence-electron chi connectivity index (χ2n) is 5.83. The van der Waals surface area contributed by atoms with Gasteiger partial charge in [-0.05, 0) is 49.2 Å². The first kappa shape index (κ1) is 15.9. The topological polar surface area (TPSA) is 73.5 Å². The van der Waals surface area contributed by atoms with Crippen molar-refractivity contribution in [2.75, 3.05) is 28.6 Å². The molecule has 0 aliphatic carbocycles. The lowest BCUT2D eigenvalue weighted by Crippen LogP contribution is -2.27. The zero-order valence-electron chi connectivity index (χ0n) is 13.7. The minimum Gasteiger partial charge on any atom is -0.336 e. The number of hydrogen-bond donors (Lipinski definition) is 3. The fourth-order valence-corrected chi connectivity index (χ4v) is 2.62. The Balaban J connectivity index is 1.70. The van der Waals surface area contributed by atoms with Crippen molar-refractivity contribution in [3.05, 3.63) is 53.6 Å². The third kappa shape index (κ3) is 3.48. The van der Waals surface area contributed by atoms with Crippen LogP contribution in [0.15, 0.2) is 42.5 Å². The second-order valence-corrected chi connectivity index (χ2v) is 5.83.